The van der Waals surface area contributed by atoms with E-state index in [1.54, 1.807) is 27.7 Å². The third-order valence-corrected chi connectivity index (χ3v) is 6.77. The summed E-state index contributed by atoms with van der Waals surface area (Å²) in [6.07, 6.45) is 0. The van der Waals surface area contributed by atoms with Gasteiger partial charge in [-0.2, -0.15) is 0 Å². The molecule has 0 fully saturated rings. The first kappa shape index (κ1) is 25.2. The van der Waals surface area contributed by atoms with Crippen molar-refractivity contribution in [3.63, 3.8) is 0 Å². The van der Waals surface area contributed by atoms with Gasteiger partial charge in [0.15, 0.2) is 0 Å². The molecule has 25 heavy (non-hydrogen) atoms. The molecule has 0 aromatic heterocycles. The number of rotatable bonds is 16. The molecule has 0 bridgehead atoms. The highest BCUT2D eigenvalue weighted by molar-refractivity contribution is 7.53. The minimum atomic E-state index is -3.53. The molecule has 0 spiro atoms. The van der Waals surface area contributed by atoms with Crippen LogP contribution in [0.5, 0.6) is 0 Å². The molecule has 0 aromatic carbocycles. The van der Waals surface area contributed by atoms with Gasteiger partial charge < -0.3 is 33.0 Å². The first-order chi connectivity index (χ1) is 11.6. The molecule has 2 N–H and O–H groups in total. The lowest BCUT2D eigenvalue weighted by atomic mass is 10.6. The van der Waals surface area contributed by atoms with Crippen LogP contribution in [-0.2, 0) is 32.4 Å². The molecule has 0 aliphatic heterocycles. The van der Waals surface area contributed by atoms with E-state index in [0.717, 1.165) is 0 Å². The van der Waals surface area contributed by atoms with Crippen molar-refractivity contribution in [3.8, 4) is 0 Å². The molecule has 0 saturated carbocycles. The van der Waals surface area contributed by atoms with Crippen LogP contribution in [0.25, 0.3) is 0 Å². The Morgan fingerprint density at radius 3 is 1.08 bits per heavy atom. The monoisotopic (exact) mass is 406 g/mol. The van der Waals surface area contributed by atoms with Gasteiger partial charge in [0.25, 0.3) is 0 Å². The summed E-state index contributed by atoms with van der Waals surface area (Å²) in [5, 5.41) is 0. The molecule has 0 rings (SSSR count). The van der Waals surface area contributed by atoms with Gasteiger partial charge in [0, 0.05) is 0 Å². The first-order valence-corrected chi connectivity index (χ1v) is 11.6. The molecule has 0 saturated heterocycles. The van der Waals surface area contributed by atoms with Crippen molar-refractivity contribution >= 4 is 15.2 Å². The van der Waals surface area contributed by atoms with Crippen LogP contribution < -0.4 is 0 Å². The van der Waals surface area contributed by atoms with Crippen LogP contribution in [0.2, 0.25) is 0 Å². The molecule has 0 aliphatic rings. The molecule has 0 radical (unpaired) electrons. The molecule has 2 atom stereocenters. The van der Waals surface area contributed by atoms with Gasteiger partial charge in [0.05, 0.1) is 64.2 Å². The van der Waals surface area contributed by atoms with Crippen molar-refractivity contribution < 1.29 is 42.2 Å². The molecule has 2 unspecified atom stereocenters. The zero-order chi connectivity index (χ0) is 19.3. The number of hydrogen-bond donors (Lipinski definition) is 2. The summed E-state index contributed by atoms with van der Waals surface area (Å²) >= 11 is 0. The van der Waals surface area contributed by atoms with Crippen LogP contribution >= 0.6 is 15.2 Å². The molecule has 152 valence electrons. The van der Waals surface area contributed by atoms with Crippen molar-refractivity contribution in [2.24, 2.45) is 0 Å². The Bertz CT molecular complexity index is 391. The van der Waals surface area contributed by atoms with Gasteiger partial charge in [-0.1, -0.05) is 27.7 Å². The van der Waals surface area contributed by atoms with Crippen LogP contribution in [0.1, 0.15) is 27.7 Å². The maximum absolute atomic E-state index is 11.5. The lowest BCUT2D eigenvalue weighted by Gasteiger charge is -2.15. The van der Waals surface area contributed by atoms with Gasteiger partial charge in [-0.05, 0) is 0 Å². The zero-order valence-electron chi connectivity index (χ0n) is 15.5. The standard InChI is InChI=1S/C14H32O9P2/c1-13(2)24(15,16)22-11-9-20-7-5-19-6-8-21-10-12-23-25(17,18)14(3)4/h13-14H,5-12H2,1-4H3,(H,15,16)(H,17,18). The maximum Gasteiger partial charge on any atom is 0.330 e. The van der Waals surface area contributed by atoms with E-state index in [1.807, 2.05) is 0 Å². The first-order valence-electron chi connectivity index (χ1n) is 8.27. The molecular formula is C14H32O9P2. The van der Waals surface area contributed by atoms with Gasteiger partial charge in [-0.25, -0.2) is 0 Å². The normalized spacial score (nSPS) is 17.0. The number of hydrogen-bond acceptors (Lipinski definition) is 7. The van der Waals surface area contributed by atoms with E-state index in [9.17, 15) is 18.9 Å². The second-order valence-electron chi connectivity index (χ2n) is 5.82. The molecule has 0 amide bonds. The maximum atomic E-state index is 11.5. The second-order valence-corrected chi connectivity index (χ2v) is 10.7. The van der Waals surface area contributed by atoms with Gasteiger partial charge in [-0.15, -0.1) is 0 Å². The van der Waals surface area contributed by atoms with Crippen LogP contribution in [0.15, 0.2) is 0 Å². The highest BCUT2D eigenvalue weighted by Crippen LogP contribution is 2.47. The van der Waals surface area contributed by atoms with Gasteiger partial charge in [0.1, 0.15) is 0 Å². The van der Waals surface area contributed by atoms with Gasteiger partial charge >= 0.3 is 15.2 Å². The van der Waals surface area contributed by atoms with Crippen molar-refractivity contribution in [3.05, 3.63) is 0 Å². The average molecular weight is 406 g/mol. The molecular weight excluding hydrogens is 374 g/mol. The van der Waals surface area contributed by atoms with E-state index >= 15 is 0 Å². The lowest BCUT2D eigenvalue weighted by molar-refractivity contribution is 0.00390. The SMILES string of the molecule is CC(C)P(=O)(O)OCCOCCOCCOCCOP(=O)(O)C(C)C. The quantitative estimate of drug-likeness (QED) is 0.294. The van der Waals surface area contributed by atoms with Crippen LogP contribution in [0.3, 0.4) is 0 Å². The molecule has 0 aliphatic carbocycles. The minimum Gasteiger partial charge on any atom is -0.377 e. The molecule has 9 nitrogen and oxygen atoms in total. The van der Waals surface area contributed by atoms with Crippen LogP contribution in [0, 0.1) is 0 Å². The summed E-state index contributed by atoms with van der Waals surface area (Å²) in [4.78, 5) is 18.9. The Kier molecular flexibility index (Phi) is 13.5. The highest BCUT2D eigenvalue weighted by atomic mass is 31.2. The third kappa shape index (κ3) is 13.1. The summed E-state index contributed by atoms with van der Waals surface area (Å²) in [7, 11) is -7.06. The van der Waals surface area contributed by atoms with E-state index in [-0.39, 0.29) is 26.4 Å². The van der Waals surface area contributed by atoms with Crippen molar-refractivity contribution in [1.82, 2.24) is 0 Å². The van der Waals surface area contributed by atoms with Crippen LogP contribution in [-0.4, -0.2) is 74.0 Å². The summed E-state index contributed by atoms with van der Waals surface area (Å²) in [6, 6.07) is 0. The van der Waals surface area contributed by atoms with E-state index in [1.165, 1.54) is 0 Å². The molecule has 0 heterocycles. The fraction of sp³-hybridized carbons (Fsp3) is 1.00. The van der Waals surface area contributed by atoms with Gasteiger partial charge in [0.2, 0.25) is 0 Å². The highest BCUT2D eigenvalue weighted by Gasteiger charge is 2.24. The number of ether oxygens (including phenoxy) is 3. The average Bonchev–Trinajstić information content (AvgIpc) is 2.51. The summed E-state index contributed by atoms with van der Waals surface area (Å²) in [6.45, 7) is 8.43. The van der Waals surface area contributed by atoms with E-state index in [2.05, 4.69) is 0 Å². The van der Waals surface area contributed by atoms with E-state index in [0.29, 0.717) is 26.4 Å². The largest absolute Gasteiger partial charge is 0.377 e. The Balaban J connectivity index is 3.35. The lowest BCUT2D eigenvalue weighted by Crippen LogP contribution is -2.13. The Labute approximate surface area is 150 Å². The molecule has 11 heteroatoms. The van der Waals surface area contributed by atoms with Crippen LogP contribution in [0.4, 0.5) is 0 Å². The summed E-state index contributed by atoms with van der Waals surface area (Å²) < 4.78 is 48.4. The van der Waals surface area contributed by atoms with E-state index < -0.39 is 26.5 Å². The third-order valence-electron chi connectivity index (χ3n) is 3.06. The summed E-state index contributed by atoms with van der Waals surface area (Å²) in [5.74, 6) is 0. The topological polar surface area (TPSA) is 121 Å². The van der Waals surface area contributed by atoms with Crippen molar-refractivity contribution in [1.29, 1.82) is 0 Å². The van der Waals surface area contributed by atoms with E-state index in [4.69, 9.17) is 23.3 Å². The predicted octanol–water partition coefficient (Wildman–Crippen LogP) is 2.26. The van der Waals surface area contributed by atoms with Crippen molar-refractivity contribution in [2.45, 2.75) is 39.0 Å². The Hall–Kier alpha value is 0.180. The molecule has 0 aromatic rings. The summed E-state index contributed by atoms with van der Waals surface area (Å²) in [5.41, 5.74) is -0.869. The fourth-order valence-corrected chi connectivity index (χ4v) is 2.56. The Morgan fingerprint density at radius 1 is 0.600 bits per heavy atom. The predicted molar refractivity (Wildman–Crippen MR) is 94.3 cm³/mol. The van der Waals surface area contributed by atoms with Gasteiger partial charge in [-0.3, -0.25) is 9.13 Å². The zero-order valence-corrected chi connectivity index (χ0v) is 17.2. The fourth-order valence-electron chi connectivity index (χ4n) is 1.29. The van der Waals surface area contributed by atoms with Crippen molar-refractivity contribution in [2.75, 3.05) is 52.9 Å². The minimum absolute atomic E-state index is 0.0557. The Morgan fingerprint density at radius 2 is 0.840 bits per heavy atom. The smallest absolute Gasteiger partial charge is 0.330 e. The second kappa shape index (κ2) is 13.4.